The molecule has 0 fully saturated rings. The maximum Gasteiger partial charge on any atom is 0.410 e. The Balaban J connectivity index is 2.42. The quantitative estimate of drug-likeness (QED) is 0.643. The molecule has 0 spiro atoms. The highest BCUT2D eigenvalue weighted by Crippen LogP contribution is 2.36. The Morgan fingerprint density at radius 2 is 2.33 bits per heavy atom. The first-order valence-corrected chi connectivity index (χ1v) is 4.72. The number of fused-ring (bicyclic) bond motifs is 1. The van der Waals surface area contributed by atoms with Gasteiger partial charge in [0.25, 0.3) is 0 Å². The zero-order chi connectivity index (χ0) is 11.1. The molecule has 0 unspecified atom stereocenters. The van der Waals surface area contributed by atoms with Crippen molar-refractivity contribution in [1.29, 1.82) is 0 Å². The van der Waals surface area contributed by atoms with E-state index < -0.39 is 5.54 Å². The summed E-state index contributed by atoms with van der Waals surface area (Å²) in [6, 6.07) is 0. The highest BCUT2D eigenvalue weighted by molar-refractivity contribution is 5.70. The van der Waals surface area contributed by atoms with E-state index >= 15 is 0 Å². The van der Waals surface area contributed by atoms with Gasteiger partial charge >= 0.3 is 6.09 Å². The van der Waals surface area contributed by atoms with Gasteiger partial charge in [0.1, 0.15) is 6.33 Å². The molecule has 1 aliphatic rings. The molecular formula is C10H13N3O2. The molecule has 1 amide bonds. The Morgan fingerprint density at radius 1 is 1.60 bits per heavy atom. The highest BCUT2D eigenvalue weighted by Gasteiger charge is 2.42. The Morgan fingerprint density at radius 3 is 2.93 bits per heavy atom. The summed E-state index contributed by atoms with van der Waals surface area (Å²) in [5.74, 6) is 0. The number of amides is 1. The van der Waals surface area contributed by atoms with Crippen LogP contribution in [-0.2, 0) is 16.8 Å². The summed E-state index contributed by atoms with van der Waals surface area (Å²) >= 11 is 0. The van der Waals surface area contributed by atoms with Crippen molar-refractivity contribution in [2.24, 2.45) is 0 Å². The number of methoxy groups -OCH3 is 1. The standard InChI is InChI=1S/C10H13N3O2/c1-10(2)8-7(4-11-6-12-8)5-13(10)9(14)15-3/h4,6H,5H2,1-3H3. The molecule has 2 heterocycles. The molecular weight excluding hydrogens is 194 g/mol. The molecule has 0 bridgehead atoms. The van der Waals surface area contributed by atoms with E-state index in [0.29, 0.717) is 6.54 Å². The Hall–Kier alpha value is -1.65. The largest absolute Gasteiger partial charge is 0.453 e. The van der Waals surface area contributed by atoms with Crippen LogP contribution in [0, 0.1) is 0 Å². The molecule has 2 rings (SSSR count). The van der Waals surface area contributed by atoms with Crippen LogP contribution in [0.25, 0.3) is 0 Å². The minimum atomic E-state index is -0.425. The molecule has 0 aliphatic carbocycles. The van der Waals surface area contributed by atoms with Gasteiger partial charge in [-0.1, -0.05) is 0 Å². The van der Waals surface area contributed by atoms with Crippen LogP contribution >= 0.6 is 0 Å². The van der Waals surface area contributed by atoms with E-state index in [-0.39, 0.29) is 6.09 Å². The van der Waals surface area contributed by atoms with Crippen molar-refractivity contribution in [3.8, 4) is 0 Å². The van der Waals surface area contributed by atoms with E-state index in [9.17, 15) is 4.79 Å². The van der Waals surface area contributed by atoms with Crippen molar-refractivity contribution in [3.05, 3.63) is 23.8 Å². The monoisotopic (exact) mass is 207 g/mol. The first kappa shape index (κ1) is 9.89. The van der Waals surface area contributed by atoms with Crippen molar-refractivity contribution in [1.82, 2.24) is 14.9 Å². The van der Waals surface area contributed by atoms with Crippen LogP contribution in [0.1, 0.15) is 25.1 Å². The van der Waals surface area contributed by atoms with Crippen molar-refractivity contribution < 1.29 is 9.53 Å². The maximum absolute atomic E-state index is 11.6. The van der Waals surface area contributed by atoms with Crippen molar-refractivity contribution >= 4 is 6.09 Å². The number of carbonyl (C=O) groups is 1. The summed E-state index contributed by atoms with van der Waals surface area (Å²) in [6.45, 7) is 4.40. The average molecular weight is 207 g/mol. The Bertz CT molecular complexity index is 403. The van der Waals surface area contributed by atoms with E-state index in [1.165, 1.54) is 13.4 Å². The molecule has 80 valence electrons. The molecule has 0 saturated carbocycles. The third-order valence-electron chi connectivity index (χ3n) is 2.77. The van der Waals surface area contributed by atoms with Crippen molar-refractivity contribution in [2.75, 3.05) is 7.11 Å². The molecule has 15 heavy (non-hydrogen) atoms. The normalized spacial score (nSPS) is 17.4. The second-order valence-corrected chi connectivity index (χ2v) is 4.01. The summed E-state index contributed by atoms with van der Waals surface area (Å²) in [5.41, 5.74) is 1.45. The molecule has 0 aromatic carbocycles. The molecule has 1 aliphatic heterocycles. The number of rotatable bonds is 0. The molecule has 5 heteroatoms. The van der Waals surface area contributed by atoms with Gasteiger partial charge in [0.2, 0.25) is 0 Å². The molecule has 0 radical (unpaired) electrons. The SMILES string of the molecule is COC(=O)N1Cc2cncnc2C1(C)C. The maximum atomic E-state index is 11.6. The Labute approximate surface area is 88.1 Å². The molecule has 1 aromatic rings. The van der Waals surface area contributed by atoms with E-state index in [4.69, 9.17) is 4.74 Å². The summed E-state index contributed by atoms with van der Waals surface area (Å²) in [6.07, 6.45) is 2.91. The van der Waals surface area contributed by atoms with Crippen LogP contribution in [0.5, 0.6) is 0 Å². The molecule has 0 N–H and O–H groups in total. The van der Waals surface area contributed by atoms with Crippen LogP contribution in [0.2, 0.25) is 0 Å². The smallest absolute Gasteiger partial charge is 0.410 e. The predicted molar refractivity (Wildman–Crippen MR) is 53.0 cm³/mol. The lowest BCUT2D eigenvalue weighted by molar-refractivity contribution is 0.0817. The third kappa shape index (κ3) is 1.35. The molecule has 5 nitrogen and oxygen atoms in total. The van der Waals surface area contributed by atoms with Gasteiger partial charge in [-0.05, 0) is 13.8 Å². The minimum Gasteiger partial charge on any atom is -0.453 e. The second-order valence-electron chi connectivity index (χ2n) is 4.01. The van der Waals surface area contributed by atoms with Gasteiger partial charge in [-0.15, -0.1) is 0 Å². The molecule has 0 atom stereocenters. The lowest BCUT2D eigenvalue weighted by Gasteiger charge is -2.29. The first-order chi connectivity index (χ1) is 7.07. The van der Waals surface area contributed by atoms with Crippen LogP contribution in [0.3, 0.4) is 0 Å². The number of aromatic nitrogens is 2. The van der Waals surface area contributed by atoms with Gasteiger partial charge in [0.05, 0.1) is 24.9 Å². The van der Waals surface area contributed by atoms with Gasteiger partial charge in [-0.3, -0.25) is 4.90 Å². The highest BCUT2D eigenvalue weighted by atomic mass is 16.5. The number of ether oxygens (including phenoxy) is 1. The lowest BCUT2D eigenvalue weighted by Crippen LogP contribution is -2.40. The van der Waals surface area contributed by atoms with Crippen molar-refractivity contribution in [2.45, 2.75) is 25.9 Å². The number of carbonyl (C=O) groups excluding carboxylic acids is 1. The number of hydrogen-bond acceptors (Lipinski definition) is 4. The zero-order valence-corrected chi connectivity index (χ0v) is 9.02. The summed E-state index contributed by atoms with van der Waals surface area (Å²) in [4.78, 5) is 21.4. The predicted octanol–water partition coefficient (Wildman–Crippen LogP) is 1.29. The fourth-order valence-electron chi connectivity index (χ4n) is 1.92. The summed E-state index contributed by atoms with van der Waals surface area (Å²) < 4.78 is 4.74. The van der Waals surface area contributed by atoms with Crippen LogP contribution in [0.4, 0.5) is 4.79 Å². The lowest BCUT2D eigenvalue weighted by atomic mass is 10.0. The van der Waals surface area contributed by atoms with Gasteiger partial charge in [0.15, 0.2) is 0 Å². The van der Waals surface area contributed by atoms with Crippen LogP contribution in [-0.4, -0.2) is 28.1 Å². The fourth-order valence-corrected chi connectivity index (χ4v) is 1.92. The topological polar surface area (TPSA) is 55.3 Å². The van der Waals surface area contributed by atoms with Gasteiger partial charge in [-0.2, -0.15) is 0 Å². The van der Waals surface area contributed by atoms with E-state index in [1.807, 2.05) is 13.8 Å². The number of hydrogen-bond donors (Lipinski definition) is 0. The van der Waals surface area contributed by atoms with E-state index in [1.54, 1.807) is 11.1 Å². The van der Waals surface area contributed by atoms with Crippen LogP contribution < -0.4 is 0 Å². The van der Waals surface area contributed by atoms with E-state index in [2.05, 4.69) is 9.97 Å². The van der Waals surface area contributed by atoms with Gasteiger partial charge in [-0.25, -0.2) is 14.8 Å². The zero-order valence-electron chi connectivity index (χ0n) is 9.02. The summed E-state index contributed by atoms with van der Waals surface area (Å²) in [5, 5.41) is 0. The molecule has 0 saturated heterocycles. The fraction of sp³-hybridized carbons (Fsp3) is 0.500. The minimum absolute atomic E-state index is 0.335. The second kappa shape index (κ2) is 3.18. The summed E-state index contributed by atoms with van der Waals surface area (Å²) in [7, 11) is 1.38. The van der Waals surface area contributed by atoms with Crippen LogP contribution in [0.15, 0.2) is 12.5 Å². The van der Waals surface area contributed by atoms with Gasteiger partial charge < -0.3 is 4.74 Å². The van der Waals surface area contributed by atoms with E-state index in [0.717, 1.165) is 11.3 Å². The number of nitrogens with zero attached hydrogens (tertiary/aromatic N) is 3. The Kier molecular flexibility index (Phi) is 2.10. The first-order valence-electron chi connectivity index (χ1n) is 4.72. The average Bonchev–Trinajstić information content (AvgIpc) is 2.51. The third-order valence-corrected chi connectivity index (χ3v) is 2.77. The van der Waals surface area contributed by atoms with Crippen molar-refractivity contribution in [3.63, 3.8) is 0 Å². The molecule has 1 aromatic heterocycles. The van der Waals surface area contributed by atoms with Gasteiger partial charge in [0, 0.05) is 11.8 Å².